The Bertz CT molecular complexity index is 437. The smallest absolute Gasteiger partial charge is 0.191 e. The molecule has 2 rings (SSSR count). The molecule has 5 nitrogen and oxygen atoms in total. The monoisotopic (exact) mass is 323 g/mol. The van der Waals surface area contributed by atoms with Crippen LogP contribution in [0.3, 0.4) is 0 Å². The Morgan fingerprint density at radius 2 is 2.23 bits per heavy atom. The Morgan fingerprint density at radius 3 is 2.82 bits per heavy atom. The van der Waals surface area contributed by atoms with Gasteiger partial charge in [0.2, 0.25) is 0 Å². The van der Waals surface area contributed by atoms with Gasteiger partial charge in [-0.2, -0.15) is 0 Å². The van der Waals surface area contributed by atoms with Gasteiger partial charge in [-0.3, -0.25) is 4.99 Å². The molecule has 0 spiro atoms. The number of piperidine rings is 1. The zero-order valence-corrected chi connectivity index (χ0v) is 14.8. The van der Waals surface area contributed by atoms with Crippen LogP contribution in [0.15, 0.2) is 22.5 Å². The van der Waals surface area contributed by atoms with Crippen LogP contribution in [0.25, 0.3) is 0 Å². The fourth-order valence-corrected chi connectivity index (χ4v) is 3.39. The predicted octanol–water partition coefficient (Wildman–Crippen LogP) is 1.83. The van der Waals surface area contributed by atoms with E-state index in [1.54, 1.807) is 0 Å². The minimum absolute atomic E-state index is 0.520. The van der Waals surface area contributed by atoms with E-state index in [-0.39, 0.29) is 0 Å². The number of nitrogens with one attached hydrogen (secondary N) is 2. The van der Waals surface area contributed by atoms with Gasteiger partial charge < -0.3 is 20.4 Å². The fraction of sp³-hybridized carbons (Fsp3) is 0.688. The molecular formula is C16H29N5S. The summed E-state index contributed by atoms with van der Waals surface area (Å²) in [7, 11) is 3.98. The first-order valence-electron chi connectivity index (χ1n) is 8.17. The molecule has 0 amide bonds. The van der Waals surface area contributed by atoms with E-state index >= 15 is 0 Å². The van der Waals surface area contributed by atoms with Gasteiger partial charge in [-0.25, -0.2) is 0 Å². The molecule has 1 aromatic rings. The van der Waals surface area contributed by atoms with Crippen molar-refractivity contribution in [3.8, 4) is 0 Å². The number of likely N-dealkylation sites (N-methyl/N-ethyl adjacent to an activating group) is 1. The van der Waals surface area contributed by atoms with Crippen molar-refractivity contribution in [3.63, 3.8) is 0 Å². The molecule has 2 heterocycles. The standard InChI is InChI=1S/C16H29N5S/c1-4-20(3)12-9-18-16(17-2)19-14-7-10-21(11-8-14)15-6-5-13-22-15/h5-6,13-14H,4,7-12H2,1-3H3,(H2,17,18,19). The van der Waals surface area contributed by atoms with Crippen LogP contribution in [0.2, 0.25) is 0 Å². The highest BCUT2D eigenvalue weighted by molar-refractivity contribution is 7.14. The lowest BCUT2D eigenvalue weighted by molar-refractivity contribution is 0.356. The number of nitrogens with zero attached hydrogens (tertiary/aromatic N) is 3. The molecule has 124 valence electrons. The first kappa shape index (κ1) is 17.1. The first-order chi connectivity index (χ1) is 10.7. The molecule has 0 saturated carbocycles. The zero-order valence-electron chi connectivity index (χ0n) is 14.0. The van der Waals surface area contributed by atoms with Gasteiger partial charge in [0, 0.05) is 39.3 Å². The van der Waals surface area contributed by atoms with E-state index in [1.807, 2.05) is 18.4 Å². The maximum absolute atomic E-state index is 4.34. The van der Waals surface area contributed by atoms with E-state index in [9.17, 15) is 0 Å². The number of hydrogen-bond acceptors (Lipinski definition) is 4. The molecule has 1 aromatic heterocycles. The van der Waals surface area contributed by atoms with Crippen LogP contribution in [0, 0.1) is 0 Å². The minimum atomic E-state index is 0.520. The van der Waals surface area contributed by atoms with E-state index in [4.69, 9.17) is 0 Å². The highest BCUT2D eigenvalue weighted by Crippen LogP contribution is 2.24. The van der Waals surface area contributed by atoms with Crippen molar-refractivity contribution < 1.29 is 0 Å². The Morgan fingerprint density at radius 1 is 1.45 bits per heavy atom. The summed E-state index contributed by atoms with van der Waals surface area (Å²) in [5.41, 5.74) is 0. The van der Waals surface area contributed by atoms with E-state index in [0.717, 1.165) is 51.5 Å². The third-order valence-corrected chi connectivity index (χ3v) is 5.13. The van der Waals surface area contributed by atoms with E-state index in [2.05, 4.69) is 56.9 Å². The molecule has 22 heavy (non-hydrogen) atoms. The summed E-state index contributed by atoms with van der Waals surface area (Å²) >= 11 is 1.83. The molecule has 0 aliphatic carbocycles. The maximum Gasteiger partial charge on any atom is 0.191 e. The molecule has 2 N–H and O–H groups in total. The highest BCUT2D eigenvalue weighted by Gasteiger charge is 2.20. The number of guanidine groups is 1. The molecule has 1 fully saturated rings. The first-order valence-corrected chi connectivity index (χ1v) is 9.05. The van der Waals surface area contributed by atoms with Gasteiger partial charge in [0.1, 0.15) is 0 Å². The van der Waals surface area contributed by atoms with Gasteiger partial charge in [-0.15, -0.1) is 11.3 Å². The second-order valence-electron chi connectivity index (χ2n) is 5.75. The average molecular weight is 324 g/mol. The van der Waals surface area contributed by atoms with Crippen molar-refractivity contribution in [2.75, 3.05) is 51.7 Å². The Hall–Kier alpha value is -1.27. The topological polar surface area (TPSA) is 42.9 Å². The normalized spacial score (nSPS) is 17.1. The molecule has 1 aliphatic rings. The third-order valence-electron chi connectivity index (χ3n) is 4.20. The largest absolute Gasteiger partial charge is 0.363 e. The van der Waals surface area contributed by atoms with Crippen LogP contribution in [0.4, 0.5) is 5.00 Å². The lowest BCUT2D eigenvalue weighted by Crippen LogP contribution is -2.49. The Balaban J connectivity index is 1.70. The minimum Gasteiger partial charge on any atom is -0.363 e. The van der Waals surface area contributed by atoms with Crippen LogP contribution in [0.1, 0.15) is 19.8 Å². The van der Waals surface area contributed by atoms with Gasteiger partial charge in [-0.05, 0) is 43.9 Å². The molecule has 1 aliphatic heterocycles. The summed E-state index contributed by atoms with van der Waals surface area (Å²) in [5, 5.41) is 10.5. The van der Waals surface area contributed by atoms with Crippen molar-refractivity contribution in [3.05, 3.63) is 17.5 Å². The number of rotatable bonds is 6. The van der Waals surface area contributed by atoms with Gasteiger partial charge in [-0.1, -0.05) is 6.92 Å². The third kappa shape index (κ3) is 5.18. The summed E-state index contributed by atoms with van der Waals surface area (Å²) in [6.07, 6.45) is 2.32. The Kier molecular flexibility index (Phi) is 6.99. The fourth-order valence-electron chi connectivity index (χ4n) is 2.61. The van der Waals surface area contributed by atoms with E-state index in [1.165, 1.54) is 5.00 Å². The van der Waals surface area contributed by atoms with Crippen molar-refractivity contribution in [1.82, 2.24) is 15.5 Å². The molecule has 0 unspecified atom stereocenters. The second-order valence-corrected chi connectivity index (χ2v) is 6.68. The lowest BCUT2D eigenvalue weighted by atomic mass is 10.1. The maximum atomic E-state index is 4.34. The average Bonchev–Trinajstić information content (AvgIpc) is 3.08. The van der Waals surface area contributed by atoms with Crippen LogP contribution in [-0.4, -0.2) is 63.7 Å². The zero-order chi connectivity index (χ0) is 15.8. The summed E-state index contributed by atoms with van der Waals surface area (Å²) in [4.78, 5) is 9.11. The second kappa shape index (κ2) is 9.00. The van der Waals surface area contributed by atoms with Crippen LogP contribution >= 0.6 is 11.3 Å². The van der Waals surface area contributed by atoms with Crippen molar-refractivity contribution >= 4 is 22.3 Å². The SMILES string of the molecule is CCN(C)CCNC(=NC)NC1CCN(c2cccs2)CC1. The van der Waals surface area contributed by atoms with Gasteiger partial charge in [0.05, 0.1) is 5.00 Å². The number of aliphatic imine (C=N–C) groups is 1. The summed E-state index contributed by atoms with van der Waals surface area (Å²) in [5.74, 6) is 0.930. The molecule has 0 aromatic carbocycles. The highest BCUT2D eigenvalue weighted by atomic mass is 32.1. The van der Waals surface area contributed by atoms with Crippen molar-refractivity contribution in [2.45, 2.75) is 25.8 Å². The summed E-state index contributed by atoms with van der Waals surface area (Å²) < 4.78 is 0. The van der Waals surface area contributed by atoms with Crippen LogP contribution < -0.4 is 15.5 Å². The van der Waals surface area contributed by atoms with E-state index in [0.29, 0.717) is 6.04 Å². The van der Waals surface area contributed by atoms with E-state index < -0.39 is 0 Å². The molecular weight excluding hydrogens is 294 g/mol. The molecule has 0 bridgehead atoms. The number of anilines is 1. The molecule has 0 radical (unpaired) electrons. The lowest BCUT2D eigenvalue weighted by Gasteiger charge is -2.33. The molecule has 1 saturated heterocycles. The summed E-state index contributed by atoms with van der Waals surface area (Å²) in [6, 6.07) is 4.86. The van der Waals surface area contributed by atoms with Gasteiger partial charge >= 0.3 is 0 Å². The van der Waals surface area contributed by atoms with Gasteiger partial charge in [0.15, 0.2) is 5.96 Å². The Labute approximate surface area is 138 Å². The predicted molar refractivity (Wildman–Crippen MR) is 97.2 cm³/mol. The number of thiophene rings is 1. The van der Waals surface area contributed by atoms with Gasteiger partial charge in [0.25, 0.3) is 0 Å². The van der Waals surface area contributed by atoms with Crippen molar-refractivity contribution in [2.24, 2.45) is 4.99 Å². The molecule has 0 atom stereocenters. The number of hydrogen-bond donors (Lipinski definition) is 2. The van der Waals surface area contributed by atoms with Crippen molar-refractivity contribution in [1.29, 1.82) is 0 Å². The van der Waals surface area contributed by atoms with Crippen LogP contribution in [0.5, 0.6) is 0 Å². The quantitative estimate of drug-likeness (QED) is 0.619. The summed E-state index contributed by atoms with van der Waals surface area (Å²) in [6.45, 7) is 7.46. The molecule has 6 heteroatoms. The van der Waals surface area contributed by atoms with Crippen LogP contribution in [-0.2, 0) is 0 Å².